The molecule has 3 unspecified atom stereocenters. The Morgan fingerprint density at radius 3 is 2.67 bits per heavy atom. The van der Waals surface area contributed by atoms with Gasteiger partial charge in [-0.3, -0.25) is 9.59 Å². The largest absolute Gasteiger partial charge is 0.390 e. The summed E-state index contributed by atoms with van der Waals surface area (Å²) in [6.45, 7) is 8.28. The van der Waals surface area contributed by atoms with Gasteiger partial charge in [0.2, 0.25) is 0 Å². The maximum absolute atomic E-state index is 17.1. The lowest BCUT2D eigenvalue weighted by atomic mass is 9.45. The summed E-state index contributed by atoms with van der Waals surface area (Å²) >= 11 is 0. The van der Waals surface area contributed by atoms with E-state index in [-0.39, 0.29) is 54.3 Å². The molecule has 4 rings (SSSR count). The number of Topliss-reactive ketones (excluding diaryl/α,β-unsaturated/α-hetero) is 1. The number of rotatable bonds is 7. The lowest BCUT2D eigenvalue weighted by Gasteiger charge is -2.62. The van der Waals surface area contributed by atoms with Crippen LogP contribution in [-0.4, -0.2) is 47.8 Å². The number of hydrogen-bond acceptors (Lipinski definition) is 4. The fraction of sp³-hybridized carbons (Fsp3) is 0.778. The molecular formula is C27H38F2O4. The first-order valence-corrected chi connectivity index (χ1v) is 12.6. The first-order chi connectivity index (χ1) is 15.5. The first kappa shape index (κ1) is 24.7. The number of fused-ring (bicyclic) bond motifs is 5. The molecule has 0 radical (unpaired) electrons. The number of aliphatic hydroxyl groups is 1. The van der Waals surface area contributed by atoms with Gasteiger partial charge >= 0.3 is 0 Å². The normalized spacial score (nSPS) is 46.4. The van der Waals surface area contributed by atoms with Crippen LogP contribution in [0.15, 0.2) is 23.8 Å². The number of allylic oxidation sites excluding steroid dienone is 4. The Morgan fingerprint density at radius 1 is 1.24 bits per heavy atom. The summed E-state index contributed by atoms with van der Waals surface area (Å²) in [7, 11) is 0. The zero-order chi connectivity index (χ0) is 24.2. The van der Waals surface area contributed by atoms with Crippen LogP contribution in [0, 0.1) is 34.5 Å². The molecule has 0 aromatic heterocycles. The Balaban J connectivity index is 1.62. The SMILES string of the molecule is CCCCCOCC(=O)[C@H]1C(C)C[C@H]2[C@@H]3CC(F)C4=CC(=O)C=C[C@]4(C)[C@@]3(F)C(O)C[C@]12C. The Labute approximate surface area is 195 Å². The zero-order valence-electron chi connectivity index (χ0n) is 20.3. The highest BCUT2D eigenvalue weighted by molar-refractivity contribution is 6.01. The second-order valence-electron chi connectivity index (χ2n) is 11.4. The molecule has 0 aliphatic heterocycles. The van der Waals surface area contributed by atoms with Gasteiger partial charge in [0.05, 0.1) is 6.10 Å². The third kappa shape index (κ3) is 3.58. The number of halogens is 2. The molecule has 4 nitrogen and oxygen atoms in total. The van der Waals surface area contributed by atoms with E-state index >= 15 is 8.78 Å². The fourth-order valence-corrected chi connectivity index (χ4v) is 7.97. The van der Waals surface area contributed by atoms with Crippen molar-refractivity contribution >= 4 is 11.6 Å². The maximum Gasteiger partial charge on any atom is 0.178 e. The van der Waals surface area contributed by atoms with E-state index in [4.69, 9.17) is 4.74 Å². The van der Waals surface area contributed by atoms with E-state index in [1.54, 1.807) is 6.92 Å². The molecule has 0 aromatic rings. The Kier molecular flexibility index (Phi) is 6.50. The fourth-order valence-electron chi connectivity index (χ4n) is 7.97. The van der Waals surface area contributed by atoms with E-state index in [1.165, 1.54) is 18.2 Å². The minimum absolute atomic E-state index is 0.00474. The average Bonchev–Trinajstić information content (AvgIpc) is 3.01. The molecule has 6 heteroatoms. The summed E-state index contributed by atoms with van der Waals surface area (Å²) in [4.78, 5) is 25.2. The Morgan fingerprint density at radius 2 is 1.97 bits per heavy atom. The van der Waals surface area contributed by atoms with Gasteiger partial charge in [0.15, 0.2) is 17.2 Å². The molecule has 0 spiro atoms. The average molecular weight is 465 g/mol. The van der Waals surface area contributed by atoms with E-state index in [0.29, 0.717) is 13.0 Å². The van der Waals surface area contributed by atoms with Crippen LogP contribution in [0.5, 0.6) is 0 Å². The van der Waals surface area contributed by atoms with Gasteiger partial charge in [-0.1, -0.05) is 39.7 Å². The number of alkyl halides is 2. The van der Waals surface area contributed by atoms with E-state index in [9.17, 15) is 14.7 Å². The van der Waals surface area contributed by atoms with E-state index < -0.39 is 34.7 Å². The number of ether oxygens (including phenoxy) is 1. The van der Waals surface area contributed by atoms with Crippen molar-refractivity contribution in [3.05, 3.63) is 23.8 Å². The summed E-state index contributed by atoms with van der Waals surface area (Å²) in [5, 5.41) is 11.3. The van der Waals surface area contributed by atoms with Gasteiger partial charge in [0.25, 0.3) is 0 Å². The molecule has 0 saturated heterocycles. The van der Waals surface area contributed by atoms with Crippen molar-refractivity contribution in [2.45, 2.75) is 84.2 Å². The van der Waals surface area contributed by atoms with Crippen LogP contribution in [0.1, 0.15) is 66.2 Å². The van der Waals surface area contributed by atoms with E-state index in [2.05, 4.69) is 6.92 Å². The highest BCUT2D eigenvalue weighted by atomic mass is 19.1. The van der Waals surface area contributed by atoms with Crippen LogP contribution in [0.4, 0.5) is 8.78 Å². The minimum Gasteiger partial charge on any atom is -0.390 e. The van der Waals surface area contributed by atoms with Crippen LogP contribution in [0.2, 0.25) is 0 Å². The second-order valence-corrected chi connectivity index (χ2v) is 11.4. The van der Waals surface area contributed by atoms with Gasteiger partial charge in [0, 0.05) is 23.9 Å². The van der Waals surface area contributed by atoms with E-state index in [0.717, 1.165) is 19.3 Å². The number of carbonyl (C=O) groups is 2. The molecule has 1 N–H and O–H groups in total. The number of ketones is 2. The zero-order valence-corrected chi connectivity index (χ0v) is 20.3. The third-order valence-corrected chi connectivity index (χ3v) is 9.45. The monoisotopic (exact) mass is 464 g/mol. The molecule has 3 saturated carbocycles. The lowest BCUT2D eigenvalue weighted by Crippen LogP contribution is -2.68. The van der Waals surface area contributed by atoms with Gasteiger partial charge in [0.1, 0.15) is 12.8 Å². The third-order valence-electron chi connectivity index (χ3n) is 9.45. The van der Waals surface area contributed by atoms with Crippen LogP contribution in [0.3, 0.4) is 0 Å². The molecule has 4 aliphatic carbocycles. The Bertz CT molecular complexity index is 868. The van der Waals surface area contributed by atoms with Crippen molar-refractivity contribution in [1.82, 2.24) is 0 Å². The summed E-state index contributed by atoms with van der Waals surface area (Å²) in [6.07, 6.45) is 4.90. The standard InChI is InChI=1S/C27H38F2O4/c1-5-6-7-10-33-15-22(31)24-16(2)11-18-19-13-21(28)20-12-17(30)8-9-26(20,4)27(19,29)23(32)14-25(18,24)3/h8-9,12,16,18-19,21,23-24,32H,5-7,10-11,13-15H2,1-4H3/t16?,18-,19-,21?,23?,24+,25-,26-,27-/m0/s1. The van der Waals surface area contributed by atoms with Crippen molar-refractivity contribution in [2.75, 3.05) is 13.2 Å². The first-order valence-electron chi connectivity index (χ1n) is 12.6. The van der Waals surface area contributed by atoms with Crippen molar-refractivity contribution in [3.8, 4) is 0 Å². The van der Waals surface area contributed by atoms with Gasteiger partial charge in [-0.2, -0.15) is 0 Å². The topological polar surface area (TPSA) is 63.6 Å². The van der Waals surface area contributed by atoms with Crippen LogP contribution in [0.25, 0.3) is 0 Å². The molecule has 3 fully saturated rings. The smallest absolute Gasteiger partial charge is 0.178 e. The Hall–Kier alpha value is -1.40. The molecular weight excluding hydrogens is 426 g/mol. The molecule has 4 aliphatic rings. The molecule has 33 heavy (non-hydrogen) atoms. The van der Waals surface area contributed by atoms with Crippen molar-refractivity contribution < 1.29 is 28.2 Å². The highest BCUT2D eigenvalue weighted by Gasteiger charge is 2.73. The summed E-state index contributed by atoms with van der Waals surface area (Å²) < 4.78 is 38.2. The van der Waals surface area contributed by atoms with E-state index in [1.807, 2.05) is 13.8 Å². The molecule has 0 amide bonds. The number of carbonyl (C=O) groups excluding carboxylic acids is 2. The molecule has 9 atom stereocenters. The van der Waals surface area contributed by atoms with Crippen molar-refractivity contribution in [3.63, 3.8) is 0 Å². The second kappa shape index (κ2) is 8.67. The van der Waals surface area contributed by atoms with Crippen molar-refractivity contribution in [1.29, 1.82) is 0 Å². The van der Waals surface area contributed by atoms with Crippen LogP contribution < -0.4 is 0 Å². The quantitative estimate of drug-likeness (QED) is 0.542. The number of hydrogen-bond donors (Lipinski definition) is 1. The molecule has 0 heterocycles. The summed E-state index contributed by atoms with van der Waals surface area (Å²) in [5.41, 5.74) is -3.95. The summed E-state index contributed by atoms with van der Waals surface area (Å²) in [6, 6.07) is 0. The maximum atomic E-state index is 17.1. The summed E-state index contributed by atoms with van der Waals surface area (Å²) in [5.74, 6) is -1.64. The van der Waals surface area contributed by atoms with Gasteiger partial charge in [-0.05, 0) is 67.6 Å². The van der Waals surface area contributed by atoms with Gasteiger partial charge < -0.3 is 9.84 Å². The lowest BCUT2D eigenvalue weighted by molar-refractivity contribution is -0.202. The molecule has 184 valence electrons. The number of aliphatic hydroxyl groups excluding tert-OH is 1. The van der Waals surface area contributed by atoms with Gasteiger partial charge in [-0.15, -0.1) is 0 Å². The van der Waals surface area contributed by atoms with Gasteiger partial charge in [-0.25, -0.2) is 8.78 Å². The predicted molar refractivity (Wildman–Crippen MR) is 122 cm³/mol. The van der Waals surface area contributed by atoms with Crippen molar-refractivity contribution in [2.24, 2.45) is 34.5 Å². The minimum atomic E-state index is -2.09. The highest BCUT2D eigenvalue weighted by Crippen LogP contribution is 2.70. The van der Waals surface area contributed by atoms with Crippen LogP contribution >= 0.6 is 0 Å². The molecule has 0 bridgehead atoms. The predicted octanol–water partition coefficient (Wildman–Crippen LogP) is 4.94. The number of unbranched alkanes of at least 4 members (excludes halogenated alkanes) is 2. The molecule has 0 aromatic carbocycles. The van der Waals surface area contributed by atoms with Crippen LogP contribution in [-0.2, 0) is 14.3 Å².